The van der Waals surface area contributed by atoms with Crippen LogP contribution in [0.5, 0.6) is 0 Å². The average molecular weight is 1270 g/mol. The van der Waals surface area contributed by atoms with Gasteiger partial charge in [-0.25, -0.2) is 9.13 Å². The second kappa shape index (κ2) is 59.4. The Morgan fingerprint density at radius 2 is 0.535 bits per heavy atom. The number of aliphatic hydroxyl groups is 1. The van der Waals surface area contributed by atoms with Crippen molar-refractivity contribution < 1.29 is 80.2 Å². The number of carbonyl (C=O) groups excluding carboxylic acids is 4. The molecule has 0 fully saturated rings. The van der Waals surface area contributed by atoms with Gasteiger partial charge in [-0.15, -0.1) is 0 Å². The van der Waals surface area contributed by atoms with Gasteiger partial charge in [-0.05, 0) is 37.5 Å². The maximum absolute atomic E-state index is 13.0. The molecule has 0 bridgehead atoms. The van der Waals surface area contributed by atoms with Crippen LogP contribution in [0.1, 0.15) is 337 Å². The summed E-state index contributed by atoms with van der Waals surface area (Å²) in [7, 11) is -9.88. The molecular weight excluding hydrogens is 1140 g/mol. The van der Waals surface area contributed by atoms with Gasteiger partial charge in [0.05, 0.1) is 26.4 Å². The van der Waals surface area contributed by atoms with E-state index >= 15 is 0 Å². The van der Waals surface area contributed by atoms with Crippen molar-refractivity contribution in [2.75, 3.05) is 39.6 Å². The summed E-state index contributed by atoms with van der Waals surface area (Å²) in [6, 6.07) is 0. The molecule has 3 N–H and O–H groups in total. The minimum atomic E-state index is -4.95. The average Bonchev–Trinajstić information content (AvgIpc) is 3.69. The molecule has 0 amide bonds. The molecule has 0 aliphatic rings. The summed E-state index contributed by atoms with van der Waals surface area (Å²) in [5.74, 6) is -0.703. The number of hydrogen-bond donors (Lipinski definition) is 3. The lowest BCUT2D eigenvalue weighted by Crippen LogP contribution is -2.30. The summed E-state index contributed by atoms with van der Waals surface area (Å²) in [6.45, 7) is 9.35. The van der Waals surface area contributed by atoms with Gasteiger partial charge in [0.25, 0.3) is 0 Å². The lowest BCUT2D eigenvalue weighted by atomic mass is 10.0. The van der Waals surface area contributed by atoms with Gasteiger partial charge in [0.2, 0.25) is 0 Å². The smallest absolute Gasteiger partial charge is 0.462 e. The molecule has 0 aliphatic carbocycles. The van der Waals surface area contributed by atoms with E-state index in [0.29, 0.717) is 31.6 Å². The Balaban J connectivity index is 5.13. The first-order chi connectivity index (χ1) is 41.4. The zero-order valence-corrected chi connectivity index (χ0v) is 57.4. The molecule has 0 rings (SSSR count). The Hall–Kier alpha value is -1.94. The fraction of sp³-hybridized carbons (Fsp3) is 0.940. The minimum Gasteiger partial charge on any atom is -0.462 e. The van der Waals surface area contributed by atoms with Crippen LogP contribution in [0, 0.1) is 11.8 Å². The third-order valence-corrected chi connectivity index (χ3v) is 17.4. The van der Waals surface area contributed by atoms with Crippen molar-refractivity contribution in [3.8, 4) is 0 Å². The predicted octanol–water partition coefficient (Wildman–Crippen LogP) is 18.8. The Bertz CT molecular complexity index is 1680. The summed E-state index contributed by atoms with van der Waals surface area (Å²) in [6.07, 6.45) is 43.7. The van der Waals surface area contributed by atoms with Crippen LogP contribution in [0.3, 0.4) is 0 Å². The lowest BCUT2D eigenvalue weighted by Gasteiger charge is -2.21. The molecule has 0 saturated carbocycles. The maximum atomic E-state index is 13.0. The van der Waals surface area contributed by atoms with Crippen molar-refractivity contribution in [1.29, 1.82) is 0 Å². The second-order valence-electron chi connectivity index (χ2n) is 25.2. The van der Waals surface area contributed by atoms with Gasteiger partial charge in [-0.2, -0.15) is 0 Å². The highest BCUT2D eigenvalue weighted by Crippen LogP contribution is 2.45. The first kappa shape index (κ1) is 84.1. The van der Waals surface area contributed by atoms with Crippen molar-refractivity contribution in [1.82, 2.24) is 0 Å². The molecule has 0 heterocycles. The van der Waals surface area contributed by atoms with Gasteiger partial charge in [0.1, 0.15) is 19.3 Å². The molecule has 0 spiro atoms. The highest BCUT2D eigenvalue weighted by atomic mass is 31.2. The molecule has 0 aromatic heterocycles. The number of rotatable bonds is 66. The van der Waals surface area contributed by atoms with Crippen LogP contribution >= 0.6 is 15.6 Å². The molecular formula is C67H130O17P2. The van der Waals surface area contributed by atoms with E-state index in [2.05, 4.69) is 41.5 Å². The predicted molar refractivity (Wildman–Crippen MR) is 345 cm³/mol. The number of aliphatic hydroxyl groups excluding tert-OH is 1. The maximum Gasteiger partial charge on any atom is 0.472 e. The number of phosphoric acid groups is 2. The number of esters is 4. The third kappa shape index (κ3) is 60.9. The summed E-state index contributed by atoms with van der Waals surface area (Å²) < 4.78 is 67.9. The number of unbranched alkanes of at least 4 members (excludes halogenated alkanes) is 36. The number of ether oxygens (including phenoxy) is 4. The van der Waals surface area contributed by atoms with Crippen LogP contribution in [-0.2, 0) is 65.4 Å². The van der Waals surface area contributed by atoms with Crippen LogP contribution in [0.25, 0.3) is 0 Å². The van der Waals surface area contributed by atoms with Gasteiger partial charge in [0.15, 0.2) is 12.2 Å². The van der Waals surface area contributed by atoms with E-state index in [9.17, 15) is 43.2 Å². The Labute approximate surface area is 524 Å². The van der Waals surface area contributed by atoms with Crippen LogP contribution in [0.15, 0.2) is 0 Å². The Kier molecular flexibility index (Phi) is 58.0. The molecule has 19 heteroatoms. The van der Waals surface area contributed by atoms with Gasteiger partial charge in [0, 0.05) is 25.7 Å². The van der Waals surface area contributed by atoms with Crippen molar-refractivity contribution >= 4 is 39.5 Å². The number of hydrogen-bond acceptors (Lipinski definition) is 15. The topological polar surface area (TPSA) is 237 Å². The van der Waals surface area contributed by atoms with Crippen molar-refractivity contribution in [2.24, 2.45) is 11.8 Å². The first-order valence-electron chi connectivity index (χ1n) is 35.0. The zero-order chi connectivity index (χ0) is 63.6. The van der Waals surface area contributed by atoms with E-state index in [4.69, 9.17) is 37.0 Å². The largest absolute Gasteiger partial charge is 0.472 e. The van der Waals surface area contributed by atoms with Gasteiger partial charge in [-0.1, -0.05) is 286 Å². The quantitative estimate of drug-likeness (QED) is 0.0222. The fourth-order valence-electron chi connectivity index (χ4n) is 10.1. The molecule has 0 radical (unpaired) electrons. The molecule has 86 heavy (non-hydrogen) atoms. The standard InChI is InChI=1S/C67H130O17P2/c1-7-9-11-13-14-15-16-17-18-19-20-21-22-23-24-27-33-39-45-51-66(71)84-63(56-78-65(70)50-44-38-32-28-25-26-30-36-41-47-59(3)4)58-82-86(75,76)80-54-61(68)53-79-85(73,74)81-57-62(55-77-64(69)49-43-35-12-10-8-2)83-67(72)52-46-40-34-29-31-37-42-48-60(5)6/h59-63,68H,7-58H2,1-6H3,(H,73,74)(H,75,76)/t61-,62+,63+/m0/s1. The zero-order valence-electron chi connectivity index (χ0n) is 55.6. The van der Waals surface area contributed by atoms with Gasteiger partial charge >= 0.3 is 39.5 Å². The highest BCUT2D eigenvalue weighted by molar-refractivity contribution is 7.47. The van der Waals surface area contributed by atoms with Gasteiger partial charge < -0.3 is 33.8 Å². The summed E-state index contributed by atoms with van der Waals surface area (Å²) in [4.78, 5) is 72.1. The van der Waals surface area contributed by atoms with Crippen molar-refractivity contribution in [3.63, 3.8) is 0 Å². The molecule has 5 atom stereocenters. The van der Waals surface area contributed by atoms with Crippen LogP contribution in [-0.4, -0.2) is 96.7 Å². The SMILES string of the molecule is CCCCCCCCCCCCCCCCCCCCCC(=O)O[C@H](COC(=O)CCCCCCCCCCCC(C)C)COP(=O)(O)OC[C@@H](O)COP(=O)(O)OC[C@@H](COC(=O)CCCCCCC)OC(=O)CCCCCCCCCC(C)C. The Morgan fingerprint density at radius 3 is 0.791 bits per heavy atom. The van der Waals surface area contributed by atoms with E-state index in [1.54, 1.807) is 0 Å². The molecule has 510 valence electrons. The molecule has 0 aromatic rings. The molecule has 17 nitrogen and oxygen atoms in total. The van der Waals surface area contributed by atoms with E-state index in [0.717, 1.165) is 102 Å². The van der Waals surface area contributed by atoms with Crippen molar-refractivity contribution in [2.45, 2.75) is 355 Å². The van der Waals surface area contributed by atoms with E-state index in [-0.39, 0.29) is 25.7 Å². The normalized spacial score (nSPS) is 14.2. The summed E-state index contributed by atoms with van der Waals surface area (Å²) in [5, 5.41) is 10.5. The fourth-order valence-corrected chi connectivity index (χ4v) is 11.6. The van der Waals surface area contributed by atoms with Crippen LogP contribution in [0.4, 0.5) is 0 Å². The van der Waals surface area contributed by atoms with E-state index < -0.39 is 97.5 Å². The number of phosphoric ester groups is 2. The summed E-state index contributed by atoms with van der Waals surface area (Å²) >= 11 is 0. The monoisotopic (exact) mass is 1270 g/mol. The molecule has 0 saturated heterocycles. The van der Waals surface area contributed by atoms with Gasteiger partial charge in [-0.3, -0.25) is 37.3 Å². The molecule has 2 unspecified atom stereocenters. The lowest BCUT2D eigenvalue weighted by molar-refractivity contribution is -0.161. The van der Waals surface area contributed by atoms with E-state index in [1.165, 1.54) is 148 Å². The minimum absolute atomic E-state index is 0.102. The third-order valence-electron chi connectivity index (χ3n) is 15.5. The molecule has 0 aromatic carbocycles. The Morgan fingerprint density at radius 1 is 0.314 bits per heavy atom. The summed E-state index contributed by atoms with van der Waals surface area (Å²) in [5.41, 5.74) is 0. The second-order valence-corrected chi connectivity index (χ2v) is 28.1. The number of carbonyl (C=O) groups is 4. The highest BCUT2D eigenvalue weighted by Gasteiger charge is 2.30. The van der Waals surface area contributed by atoms with Crippen molar-refractivity contribution in [3.05, 3.63) is 0 Å². The van der Waals surface area contributed by atoms with Crippen LogP contribution < -0.4 is 0 Å². The first-order valence-corrected chi connectivity index (χ1v) is 38.0. The van der Waals surface area contributed by atoms with E-state index in [1.807, 2.05) is 0 Å². The van der Waals surface area contributed by atoms with Crippen LogP contribution in [0.2, 0.25) is 0 Å². The molecule has 0 aliphatic heterocycles.